The number of rotatable bonds is 3. The summed E-state index contributed by atoms with van der Waals surface area (Å²) < 4.78 is 15.0. The fraction of sp³-hybridized carbons (Fsp3) is 0.417. The Morgan fingerprint density at radius 2 is 2.33 bits per heavy atom. The van der Waals surface area contributed by atoms with Crippen molar-refractivity contribution in [2.45, 2.75) is 19.4 Å². The maximum absolute atomic E-state index is 11.4. The molecule has 1 aromatic carbocycles. The van der Waals surface area contributed by atoms with Crippen molar-refractivity contribution < 1.29 is 24.1 Å². The van der Waals surface area contributed by atoms with Crippen LogP contribution in [0.1, 0.15) is 24.2 Å². The van der Waals surface area contributed by atoms with Crippen molar-refractivity contribution in [1.29, 1.82) is 0 Å². The molecule has 0 spiro atoms. The number of halogens is 1. The summed E-state index contributed by atoms with van der Waals surface area (Å²) in [6.45, 7) is 1.95. The Morgan fingerprint density at radius 3 is 2.94 bits per heavy atom. The monoisotopic (exact) mass is 272 g/mol. The zero-order chi connectivity index (χ0) is 13.3. The van der Waals surface area contributed by atoms with Gasteiger partial charge in [0.25, 0.3) is 0 Å². The first kappa shape index (κ1) is 13.0. The lowest BCUT2D eigenvalue weighted by Crippen LogP contribution is -2.15. The maximum Gasteiger partial charge on any atom is 0.339 e. The van der Waals surface area contributed by atoms with Crippen LogP contribution in [0.25, 0.3) is 0 Å². The molecular weight excluding hydrogens is 260 g/mol. The fourth-order valence-electron chi connectivity index (χ4n) is 1.90. The number of hydrogen-bond acceptors (Lipinski definition) is 5. The number of ether oxygens (including phenoxy) is 3. The van der Waals surface area contributed by atoms with E-state index in [4.69, 9.17) is 21.1 Å². The van der Waals surface area contributed by atoms with Gasteiger partial charge in [-0.25, -0.2) is 4.79 Å². The Hall–Kier alpha value is -1.46. The number of esters is 1. The van der Waals surface area contributed by atoms with Crippen LogP contribution in [0, 0.1) is 0 Å². The van der Waals surface area contributed by atoms with Crippen LogP contribution >= 0.6 is 11.6 Å². The summed E-state index contributed by atoms with van der Waals surface area (Å²) >= 11 is 6.18. The van der Waals surface area contributed by atoms with Crippen molar-refractivity contribution in [3.05, 3.63) is 22.2 Å². The van der Waals surface area contributed by atoms with Crippen molar-refractivity contribution in [3.8, 4) is 11.5 Å². The van der Waals surface area contributed by atoms with E-state index in [1.807, 2.05) is 6.92 Å². The second-order valence-electron chi connectivity index (χ2n) is 3.77. The van der Waals surface area contributed by atoms with Crippen LogP contribution < -0.4 is 9.47 Å². The van der Waals surface area contributed by atoms with E-state index in [1.54, 1.807) is 6.07 Å². The fourth-order valence-corrected chi connectivity index (χ4v) is 2.29. The van der Waals surface area contributed by atoms with Crippen LogP contribution in [0.2, 0.25) is 5.02 Å². The Kier molecular flexibility index (Phi) is 3.63. The highest BCUT2D eigenvalue weighted by Gasteiger charge is 2.28. The van der Waals surface area contributed by atoms with Crippen LogP contribution in [0.4, 0.5) is 0 Å². The second-order valence-corrected chi connectivity index (χ2v) is 4.15. The van der Waals surface area contributed by atoms with Gasteiger partial charge in [-0.1, -0.05) is 18.5 Å². The summed E-state index contributed by atoms with van der Waals surface area (Å²) in [4.78, 5) is 11.4. The van der Waals surface area contributed by atoms with Gasteiger partial charge in [-0.2, -0.15) is 0 Å². The molecule has 0 amide bonds. The molecule has 0 aliphatic carbocycles. The van der Waals surface area contributed by atoms with Crippen molar-refractivity contribution in [2.75, 3.05) is 13.9 Å². The van der Waals surface area contributed by atoms with E-state index in [1.165, 1.54) is 7.11 Å². The van der Waals surface area contributed by atoms with E-state index in [2.05, 4.69) is 4.74 Å². The molecule has 6 heteroatoms. The third-order valence-electron chi connectivity index (χ3n) is 2.81. The highest BCUT2D eigenvalue weighted by molar-refractivity contribution is 6.33. The Morgan fingerprint density at radius 1 is 1.61 bits per heavy atom. The first-order valence-electron chi connectivity index (χ1n) is 5.46. The largest absolute Gasteiger partial charge is 0.467 e. The van der Waals surface area contributed by atoms with Crippen molar-refractivity contribution >= 4 is 17.6 Å². The zero-order valence-electron chi connectivity index (χ0n) is 10.0. The van der Waals surface area contributed by atoms with Crippen LogP contribution in [0.5, 0.6) is 11.5 Å². The molecule has 5 nitrogen and oxygen atoms in total. The third kappa shape index (κ3) is 2.00. The Bertz CT molecular complexity index is 486. The van der Waals surface area contributed by atoms with Gasteiger partial charge >= 0.3 is 5.97 Å². The molecule has 1 aromatic rings. The second kappa shape index (κ2) is 5.04. The predicted octanol–water partition coefficient (Wildman–Crippen LogP) is 1.84. The topological polar surface area (TPSA) is 65.0 Å². The van der Waals surface area contributed by atoms with E-state index in [-0.39, 0.29) is 6.79 Å². The molecule has 18 heavy (non-hydrogen) atoms. The first-order chi connectivity index (χ1) is 8.60. The minimum absolute atomic E-state index is 0.0793. The van der Waals surface area contributed by atoms with Crippen LogP contribution in [-0.4, -0.2) is 25.0 Å². The van der Waals surface area contributed by atoms with Crippen LogP contribution in [-0.2, 0) is 16.0 Å². The molecule has 1 aliphatic rings. The lowest BCUT2D eigenvalue weighted by molar-refractivity contribution is -0.150. The molecule has 1 atom stereocenters. The van der Waals surface area contributed by atoms with Gasteiger partial charge < -0.3 is 19.3 Å². The Labute approximate surface area is 109 Å². The summed E-state index contributed by atoms with van der Waals surface area (Å²) in [5.74, 6) is 0.143. The zero-order valence-corrected chi connectivity index (χ0v) is 10.8. The summed E-state index contributed by atoms with van der Waals surface area (Å²) in [6, 6.07) is 1.56. The summed E-state index contributed by atoms with van der Waals surface area (Å²) in [5, 5.41) is 10.3. The van der Waals surface area contributed by atoms with Gasteiger partial charge in [-0.05, 0) is 18.1 Å². The molecule has 0 bridgehead atoms. The van der Waals surface area contributed by atoms with E-state index < -0.39 is 12.1 Å². The summed E-state index contributed by atoms with van der Waals surface area (Å²) in [7, 11) is 1.21. The standard InChI is InChI=1S/C12H13ClO5/c1-3-6-7(10(14)12(15)16-2)4-8-11(9(6)13)18-5-17-8/h4,10,14H,3,5H2,1-2H3. The SMILES string of the molecule is CCc1c(C(O)C(=O)OC)cc2c(c1Cl)OCO2. The number of aliphatic hydroxyl groups is 1. The number of carbonyl (C=O) groups is 1. The lowest BCUT2D eigenvalue weighted by Gasteiger charge is -2.15. The summed E-state index contributed by atoms with van der Waals surface area (Å²) in [6.07, 6.45) is -0.823. The number of benzene rings is 1. The van der Waals surface area contributed by atoms with Crippen molar-refractivity contribution in [2.24, 2.45) is 0 Å². The number of aliphatic hydroxyl groups excluding tert-OH is 1. The molecule has 0 saturated carbocycles. The van der Waals surface area contributed by atoms with Gasteiger partial charge in [0.1, 0.15) is 0 Å². The first-order valence-corrected chi connectivity index (χ1v) is 5.84. The van der Waals surface area contributed by atoms with E-state index >= 15 is 0 Å². The average molecular weight is 273 g/mol. The molecule has 0 fully saturated rings. The van der Waals surface area contributed by atoms with Gasteiger partial charge in [0.2, 0.25) is 6.79 Å². The van der Waals surface area contributed by atoms with E-state index in [9.17, 15) is 9.90 Å². The normalized spacial score (nSPS) is 14.4. The van der Waals surface area contributed by atoms with Gasteiger partial charge in [0.15, 0.2) is 17.6 Å². The van der Waals surface area contributed by atoms with Gasteiger partial charge in [0.05, 0.1) is 12.1 Å². The number of fused-ring (bicyclic) bond motifs is 1. The molecular formula is C12H13ClO5. The van der Waals surface area contributed by atoms with Gasteiger partial charge in [0, 0.05) is 5.56 Å². The molecule has 0 aromatic heterocycles. The Balaban J connectivity index is 2.53. The molecule has 98 valence electrons. The summed E-state index contributed by atoms with van der Waals surface area (Å²) in [5.41, 5.74) is 1.04. The molecule has 0 saturated heterocycles. The van der Waals surface area contributed by atoms with E-state index in [0.717, 1.165) is 0 Å². The average Bonchev–Trinajstić information content (AvgIpc) is 2.85. The molecule has 2 rings (SSSR count). The number of methoxy groups -OCH3 is 1. The quantitative estimate of drug-likeness (QED) is 0.851. The highest BCUT2D eigenvalue weighted by Crippen LogP contribution is 2.44. The smallest absolute Gasteiger partial charge is 0.339 e. The van der Waals surface area contributed by atoms with Crippen molar-refractivity contribution in [3.63, 3.8) is 0 Å². The molecule has 0 radical (unpaired) electrons. The minimum atomic E-state index is -1.38. The number of carbonyl (C=O) groups excluding carboxylic acids is 1. The van der Waals surface area contributed by atoms with E-state index in [0.29, 0.717) is 34.1 Å². The van der Waals surface area contributed by atoms with Gasteiger partial charge in [-0.3, -0.25) is 0 Å². The molecule has 1 heterocycles. The lowest BCUT2D eigenvalue weighted by atomic mass is 9.99. The highest BCUT2D eigenvalue weighted by atomic mass is 35.5. The maximum atomic E-state index is 11.4. The van der Waals surface area contributed by atoms with Gasteiger partial charge in [-0.15, -0.1) is 0 Å². The van der Waals surface area contributed by atoms with Crippen molar-refractivity contribution in [1.82, 2.24) is 0 Å². The minimum Gasteiger partial charge on any atom is -0.467 e. The molecule has 1 unspecified atom stereocenters. The number of hydrogen-bond donors (Lipinski definition) is 1. The van der Waals surface area contributed by atoms with Crippen LogP contribution in [0.3, 0.4) is 0 Å². The van der Waals surface area contributed by atoms with Crippen LogP contribution in [0.15, 0.2) is 6.07 Å². The predicted molar refractivity (Wildman–Crippen MR) is 63.9 cm³/mol. The molecule has 1 N–H and O–H groups in total. The third-order valence-corrected chi connectivity index (χ3v) is 3.21. The molecule has 1 aliphatic heterocycles.